The van der Waals surface area contributed by atoms with Crippen LogP contribution in [0.2, 0.25) is 0 Å². The summed E-state index contributed by atoms with van der Waals surface area (Å²) in [5, 5.41) is 0. The van der Waals surface area contributed by atoms with E-state index >= 15 is 0 Å². The number of aromatic nitrogens is 1. The van der Waals surface area contributed by atoms with E-state index < -0.39 is 10.0 Å². The van der Waals surface area contributed by atoms with Crippen LogP contribution in [-0.4, -0.2) is 13.4 Å². The maximum Gasteiger partial charge on any atom is 0.262 e. The van der Waals surface area contributed by atoms with E-state index in [1.165, 1.54) is 6.20 Å². The van der Waals surface area contributed by atoms with Crippen LogP contribution in [-0.2, 0) is 10.0 Å². The molecule has 0 aliphatic carbocycles. The topological polar surface area (TPSA) is 85.1 Å². The van der Waals surface area contributed by atoms with Crippen LogP contribution >= 0.6 is 15.9 Å². The number of nitrogen functional groups attached to an aromatic ring is 1. The van der Waals surface area contributed by atoms with Crippen molar-refractivity contribution in [1.82, 2.24) is 4.98 Å². The minimum atomic E-state index is -3.70. The van der Waals surface area contributed by atoms with Gasteiger partial charge in [0.2, 0.25) is 0 Å². The van der Waals surface area contributed by atoms with Crippen molar-refractivity contribution in [2.45, 2.75) is 25.7 Å². The Morgan fingerprint density at radius 2 is 1.86 bits per heavy atom. The largest absolute Gasteiger partial charge is 0.398 e. The quantitative estimate of drug-likeness (QED) is 0.642. The Labute approximate surface area is 132 Å². The van der Waals surface area contributed by atoms with Crippen LogP contribution in [0, 0.1) is 20.8 Å². The van der Waals surface area contributed by atoms with Gasteiger partial charge in [-0.25, -0.2) is 13.4 Å². The average Bonchev–Trinajstić information content (AvgIpc) is 2.37. The van der Waals surface area contributed by atoms with Crippen LogP contribution < -0.4 is 10.5 Å². The summed E-state index contributed by atoms with van der Waals surface area (Å²) in [6.45, 7) is 5.33. The van der Waals surface area contributed by atoms with Crippen molar-refractivity contribution in [1.29, 1.82) is 0 Å². The molecule has 0 bridgehead atoms. The van der Waals surface area contributed by atoms with Crippen LogP contribution in [0.5, 0.6) is 0 Å². The summed E-state index contributed by atoms with van der Waals surface area (Å²) >= 11 is 3.28. The first-order valence-corrected chi connectivity index (χ1v) is 8.50. The highest BCUT2D eigenvalue weighted by Crippen LogP contribution is 2.26. The van der Waals surface area contributed by atoms with Crippen LogP contribution in [0.1, 0.15) is 16.7 Å². The Kier molecular flexibility index (Phi) is 4.25. The van der Waals surface area contributed by atoms with Gasteiger partial charge in [-0.2, -0.15) is 0 Å². The lowest BCUT2D eigenvalue weighted by molar-refractivity contribution is 0.600. The maximum atomic E-state index is 12.5. The molecule has 7 heteroatoms. The van der Waals surface area contributed by atoms with Crippen molar-refractivity contribution in [3.05, 3.63) is 45.7 Å². The smallest absolute Gasteiger partial charge is 0.262 e. The van der Waals surface area contributed by atoms with Gasteiger partial charge < -0.3 is 5.73 Å². The van der Waals surface area contributed by atoms with Crippen molar-refractivity contribution < 1.29 is 8.42 Å². The number of anilines is 2. The zero-order valence-corrected chi connectivity index (χ0v) is 14.3. The van der Waals surface area contributed by atoms with Crippen LogP contribution in [0.3, 0.4) is 0 Å². The molecule has 0 amide bonds. The summed E-state index contributed by atoms with van der Waals surface area (Å²) < 4.78 is 28.2. The van der Waals surface area contributed by atoms with Crippen LogP contribution in [0.4, 0.5) is 11.4 Å². The Morgan fingerprint density at radius 3 is 2.48 bits per heavy atom. The molecule has 21 heavy (non-hydrogen) atoms. The molecule has 0 spiro atoms. The van der Waals surface area contributed by atoms with E-state index in [-0.39, 0.29) is 4.90 Å². The first-order chi connectivity index (χ1) is 9.70. The molecule has 2 aromatic rings. The van der Waals surface area contributed by atoms with Crippen LogP contribution in [0.25, 0.3) is 0 Å². The monoisotopic (exact) mass is 369 g/mol. The Morgan fingerprint density at radius 1 is 1.19 bits per heavy atom. The molecule has 0 atom stereocenters. The molecule has 2 rings (SSSR count). The number of sulfonamides is 1. The lowest BCUT2D eigenvalue weighted by Gasteiger charge is -2.13. The van der Waals surface area contributed by atoms with Gasteiger partial charge in [-0.3, -0.25) is 4.72 Å². The number of nitrogens with one attached hydrogen (secondary N) is 1. The normalized spacial score (nSPS) is 11.4. The molecule has 0 aliphatic heterocycles. The molecule has 0 aliphatic rings. The fraction of sp³-hybridized carbons (Fsp3) is 0.214. The van der Waals surface area contributed by atoms with E-state index in [0.717, 1.165) is 11.1 Å². The zero-order chi connectivity index (χ0) is 15.8. The second-order valence-corrected chi connectivity index (χ2v) is 7.32. The molecule has 0 radical (unpaired) electrons. The van der Waals surface area contributed by atoms with Gasteiger partial charge in [-0.15, -0.1) is 0 Å². The number of aryl methyl sites for hydroxylation is 2. The minimum absolute atomic E-state index is 0.181. The third-order valence-electron chi connectivity index (χ3n) is 3.10. The van der Waals surface area contributed by atoms with Gasteiger partial charge >= 0.3 is 0 Å². The van der Waals surface area contributed by atoms with Gasteiger partial charge in [0.05, 0.1) is 16.8 Å². The van der Waals surface area contributed by atoms with Crippen molar-refractivity contribution in [3.8, 4) is 0 Å². The van der Waals surface area contributed by atoms with Gasteiger partial charge in [0.25, 0.3) is 10.0 Å². The molecule has 0 unspecified atom stereocenters. The summed E-state index contributed by atoms with van der Waals surface area (Å²) in [5.41, 5.74) is 8.89. The number of hydrogen-bond donors (Lipinski definition) is 2. The molecule has 3 N–H and O–H groups in total. The second kappa shape index (κ2) is 5.65. The van der Waals surface area contributed by atoms with Gasteiger partial charge in [0.15, 0.2) is 0 Å². The zero-order valence-electron chi connectivity index (χ0n) is 11.9. The third kappa shape index (κ3) is 3.36. The van der Waals surface area contributed by atoms with Crippen LogP contribution in [0.15, 0.2) is 33.9 Å². The molecule has 0 saturated heterocycles. The highest BCUT2D eigenvalue weighted by molar-refractivity contribution is 9.10. The summed E-state index contributed by atoms with van der Waals surface area (Å²) in [6.07, 6.45) is 1.46. The minimum Gasteiger partial charge on any atom is -0.398 e. The van der Waals surface area contributed by atoms with E-state index in [4.69, 9.17) is 5.73 Å². The fourth-order valence-electron chi connectivity index (χ4n) is 1.96. The first kappa shape index (κ1) is 15.8. The van der Waals surface area contributed by atoms with E-state index in [0.29, 0.717) is 21.5 Å². The molecule has 1 aromatic heterocycles. The maximum absolute atomic E-state index is 12.5. The van der Waals surface area contributed by atoms with Gasteiger partial charge in [0, 0.05) is 5.69 Å². The molecule has 0 fully saturated rings. The van der Waals surface area contributed by atoms with E-state index in [9.17, 15) is 8.42 Å². The Balaban J connectivity index is 2.45. The predicted molar refractivity (Wildman–Crippen MR) is 87.8 cm³/mol. The highest BCUT2D eigenvalue weighted by Gasteiger charge is 2.19. The lowest BCUT2D eigenvalue weighted by atomic mass is 10.1. The van der Waals surface area contributed by atoms with Gasteiger partial charge in [-0.05, 0) is 71.6 Å². The van der Waals surface area contributed by atoms with Crippen molar-refractivity contribution in [2.24, 2.45) is 0 Å². The fourth-order valence-corrected chi connectivity index (χ4v) is 3.57. The number of benzene rings is 1. The van der Waals surface area contributed by atoms with Crippen molar-refractivity contribution in [2.75, 3.05) is 10.5 Å². The molecule has 5 nitrogen and oxygen atoms in total. The van der Waals surface area contributed by atoms with E-state index in [2.05, 4.69) is 25.6 Å². The van der Waals surface area contributed by atoms with Gasteiger partial charge in [-0.1, -0.05) is 0 Å². The Bertz CT molecular complexity index is 804. The van der Waals surface area contributed by atoms with Crippen molar-refractivity contribution in [3.63, 3.8) is 0 Å². The van der Waals surface area contributed by atoms with Gasteiger partial charge in [0.1, 0.15) is 4.60 Å². The average molecular weight is 370 g/mol. The second-order valence-electron chi connectivity index (χ2n) is 4.91. The Hall–Kier alpha value is -1.60. The number of halogens is 1. The SMILES string of the molecule is Cc1cc(N)c(C)c(S(=O)(=O)Nc2cnc(Br)c(C)c2)c1. The summed E-state index contributed by atoms with van der Waals surface area (Å²) in [4.78, 5) is 4.26. The number of nitrogens with two attached hydrogens (primary N) is 1. The summed E-state index contributed by atoms with van der Waals surface area (Å²) in [7, 11) is -3.70. The highest BCUT2D eigenvalue weighted by atomic mass is 79.9. The standard InChI is InChI=1S/C14H16BrN3O2S/c1-8-4-12(16)10(3)13(5-8)21(19,20)18-11-6-9(2)14(15)17-7-11/h4-7,18H,16H2,1-3H3. The number of pyridine rings is 1. The number of hydrogen-bond acceptors (Lipinski definition) is 4. The van der Waals surface area contributed by atoms with E-state index in [1.54, 1.807) is 32.0 Å². The molecule has 1 heterocycles. The predicted octanol–water partition coefficient (Wildman–Crippen LogP) is 3.15. The number of nitrogens with zero attached hydrogens (tertiary/aromatic N) is 1. The lowest BCUT2D eigenvalue weighted by Crippen LogP contribution is -2.15. The molecule has 112 valence electrons. The van der Waals surface area contributed by atoms with E-state index in [1.807, 2.05) is 6.92 Å². The molecule has 1 aromatic carbocycles. The molecular formula is C14H16BrN3O2S. The van der Waals surface area contributed by atoms with Crippen molar-refractivity contribution >= 4 is 37.3 Å². The number of rotatable bonds is 3. The first-order valence-electron chi connectivity index (χ1n) is 6.22. The molecule has 0 saturated carbocycles. The summed E-state index contributed by atoms with van der Waals surface area (Å²) in [5.74, 6) is 0. The third-order valence-corrected chi connectivity index (χ3v) is 5.44. The molecular weight excluding hydrogens is 354 g/mol. The summed E-state index contributed by atoms with van der Waals surface area (Å²) in [6, 6.07) is 5.07.